The molecule has 3 heterocycles. The van der Waals surface area contributed by atoms with Crippen LogP contribution in [0.25, 0.3) is 0 Å². The van der Waals surface area contributed by atoms with E-state index in [9.17, 15) is 0 Å². The van der Waals surface area contributed by atoms with Crippen LogP contribution in [0.15, 0.2) is 23.3 Å². The molecule has 0 saturated carbocycles. The highest BCUT2D eigenvalue weighted by Crippen LogP contribution is 2.34. The molecule has 6 heteroatoms. The molecule has 2 aliphatic rings. The molecule has 2 N–H and O–H groups in total. The van der Waals surface area contributed by atoms with Gasteiger partial charge in [0.1, 0.15) is 5.82 Å². The lowest BCUT2D eigenvalue weighted by atomic mass is 9.96. The Hall–Kier alpha value is -1.82. The van der Waals surface area contributed by atoms with Crippen LogP contribution in [0, 0.1) is 0 Å². The zero-order valence-electron chi connectivity index (χ0n) is 13.5. The quantitative estimate of drug-likeness (QED) is 0.645. The van der Waals surface area contributed by atoms with Gasteiger partial charge >= 0.3 is 0 Å². The van der Waals surface area contributed by atoms with Crippen molar-refractivity contribution in [3.05, 3.63) is 23.9 Å². The van der Waals surface area contributed by atoms with E-state index in [2.05, 4.69) is 26.7 Å². The van der Waals surface area contributed by atoms with Gasteiger partial charge in [0.05, 0.1) is 18.2 Å². The Labute approximate surface area is 132 Å². The van der Waals surface area contributed by atoms with E-state index in [1.54, 1.807) is 7.05 Å². The highest BCUT2D eigenvalue weighted by molar-refractivity contribution is 5.80. The summed E-state index contributed by atoms with van der Waals surface area (Å²) in [7, 11) is 5.82. The van der Waals surface area contributed by atoms with Crippen molar-refractivity contribution < 1.29 is 4.74 Å². The monoisotopic (exact) mass is 303 g/mol. The molecule has 120 valence electrons. The van der Waals surface area contributed by atoms with E-state index in [0.717, 1.165) is 30.2 Å². The molecule has 3 unspecified atom stereocenters. The Balaban J connectivity index is 1.58. The fourth-order valence-corrected chi connectivity index (χ4v) is 3.31. The topological polar surface area (TPSA) is 61.8 Å². The number of fused-ring (bicyclic) bond motifs is 2. The number of aliphatic imine (C=N–C) groups is 1. The van der Waals surface area contributed by atoms with E-state index in [0.29, 0.717) is 24.8 Å². The number of ether oxygens (including phenoxy) is 1. The fraction of sp³-hybridized carbons (Fsp3) is 0.625. The molecule has 22 heavy (non-hydrogen) atoms. The second-order valence-corrected chi connectivity index (χ2v) is 6.17. The molecule has 0 aliphatic carbocycles. The average molecular weight is 303 g/mol. The normalized spacial score (nSPS) is 27.0. The summed E-state index contributed by atoms with van der Waals surface area (Å²) in [6.07, 6.45) is 6.06. The molecule has 3 rings (SSSR count). The summed E-state index contributed by atoms with van der Waals surface area (Å²) < 4.78 is 5.88. The van der Waals surface area contributed by atoms with Crippen molar-refractivity contribution in [2.24, 2.45) is 4.99 Å². The Morgan fingerprint density at radius 2 is 2.32 bits per heavy atom. The number of anilines is 1. The third-order valence-corrected chi connectivity index (χ3v) is 4.39. The summed E-state index contributed by atoms with van der Waals surface area (Å²) in [5, 5.41) is 6.88. The van der Waals surface area contributed by atoms with Crippen molar-refractivity contribution in [1.29, 1.82) is 0 Å². The average Bonchev–Trinajstić information content (AvgIpc) is 3.14. The third-order valence-electron chi connectivity index (χ3n) is 4.39. The first kappa shape index (κ1) is 15.1. The molecule has 2 bridgehead atoms. The molecule has 0 amide bonds. The molecule has 1 aromatic rings. The SMILES string of the molecule is CN=C(NCc1cccnc1N(C)C)NC1CC2CCC1O2. The molecule has 0 spiro atoms. The molecule has 2 fully saturated rings. The molecule has 2 aliphatic heterocycles. The lowest BCUT2D eigenvalue weighted by Crippen LogP contribution is -2.47. The molecular formula is C16H25N5O. The van der Waals surface area contributed by atoms with Gasteiger partial charge in [-0.05, 0) is 25.3 Å². The van der Waals surface area contributed by atoms with E-state index in [1.165, 1.54) is 6.42 Å². The van der Waals surface area contributed by atoms with Gasteiger partial charge in [-0.2, -0.15) is 0 Å². The molecule has 6 nitrogen and oxygen atoms in total. The van der Waals surface area contributed by atoms with Crippen LogP contribution in [-0.4, -0.2) is 50.3 Å². The van der Waals surface area contributed by atoms with Crippen LogP contribution in [0.5, 0.6) is 0 Å². The highest BCUT2D eigenvalue weighted by atomic mass is 16.5. The van der Waals surface area contributed by atoms with Crippen LogP contribution in [0.3, 0.4) is 0 Å². The second-order valence-electron chi connectivity index (χ2n) is 6.17. The summed E-state index contributed by atoms with van der Waals surface area (Å²) in [5.74, 6) is 1.81. The number of aromatic nitrogens is 1. The van der Waals surface area contributed by atoms with Gasteiger partial charge in [-0.15, -0.1) is 0 Å². The van der Waals surface area contributed by atoms with Crippen LogP contribution in [0.1, 0.15) is 24.8 Å². The number of hydrogen-bond acceptors (Lipinski definition) is 4. The van der Waals surface area contributed by atoms with Gasteiger partial charge in [-0.3, -0.25) is 4.99 Å². The predicted octanol–water partition coefficient (Wildman–Crippen LogP) is 1.13. The van der Waals surface area contributed by atoms with E-state index in [-0.39, 0.29) is 0 Å². The summed E-state index contributed by atoms with van der Waals surface area (Å²) in [4.78, 5) is 10.8. The van der Waals surface area contributed by atoms with Gasteiger partial charge in [0, 0.05) is 39.4 Å². The van der Waals surface area contributed by atoms with Crippen molar-refractivity contribution in [2.45, 2.75) is 44.1 Å². The van der Waals surface area contributed by atoms with E-state index < -0.39 is 0 Å². The Morgan fingerprint density at radius 3 is 2.95 bits per heavy atom. The van der Waals surface area contributed by atoms with Crippen LogP contribution < -0.4 is 15.5 Å². The predicted molar refractivity (Wildman–Crippen MR) is 88.2 cm³/mol. The third kappa shape index (κ3) is 3.16. The first-order valence-corrected chi connectivity index (χ1v) is 7.91. The summed E-state index contributed by atoms with van der Waals surface area (Å²) in [6.45, 7) is 0.697. The summed E-state index contributed by atoms with van der Waals surface area (Å²) in [6, 6.07) is 4.43. The van der Waals surface area contributed by atoms with Crippen molar-refractivity contribution in [1.82, 2.24) is 15.6 Å². The lowest BCUT2D eigenvalue weighted by molar-refractivity contribution is 0.0992. The number of guanidine groups is 1. The minimum Gasteiger partial charge on any atom is -0.373 e. The van der Waals surface area contributed by atoms with Crippen LogP contribution in [0.2, 0.25) is 0 Å². The molecule has 1 aromatic heterocycles. The number of nitrogens with one attached hydrogen (secondary N) is 2. The van der Waals surface area contributed by atoms with Crippen LogP contribution in [0.4, 0.5) is 5.82 Å². The first-order valence-electron chi connectivity index (χ1n) is 7.91. The van der Waals surface area contributed by atoms with Crippen molar-refractivity contribution in [3.63, 3.8) is 0 Å². The largest absolute Gasteiger partial charge is 0.373 e. The molecule has 0 aromatic carbocycles. The van der Waals surface area contributed by atoms with Crippen molar-refractivity contribution in [3.8, 4) is 0 Å². The van der Waals surface area contributed by atoms with Gasteiger partial charge in [0.15, 0.2) is 5.96 Å². The highest BCUT2D eigenvalue weighted by Gasteiger charge is 2.41. The van der Waals surface area contributed by atoms with Gasteiger partial charge in [0.25, 0.3) is 0 Å². The van der Waals surface area contributed by atoms with Crippen LogP contribution >= 0.6 is 0 Å². The van der Waals surface area contributed by atoms with Crippen molar-refractivity contribution >= 4 is 11.8 Å². The smallest absolute Gasteiger partial charge is 0.191 e. The van der Waals surface area contributed by atoms with Gasteiger partial charge < -0.3 is 20.3 Å². The lowest BCUT2D eigenvalue weighted by Gasteiger charge is -2.23. The standard InChI is InChI=1S/C16H25N5O/c1-17-16(20-13-9-12-6-7-14(13)22-12)19-10-11-5-4-8-18-15(11)21(2)3/h4-5,8,12-14H,6-7,9-10H2,1-3H3,(H2,17,19,20). The maximum Gasteiger partial charge on any atom is 0.191 e. The minimum absolute atomic E-state index is 0.347. The molecule has 3 atom stereocenters. The second kappa shape index (κ2) is 6.52. The maximum atomic E-state index is 5.88. The number of nitrogens with zero attached hydrogens (tertiary/aromatic N) is 3. The zero-order chi connectivity index (χ0) is 15.5. The molecule has 0 radical (unpaired) electrons. The van der Waals surface area contributed by atoms with Crippen molar-refractivity contribution in [2.75, 3.05) is 26.0 Å². The summed E-state index contributed by atoms with van der Waals surface area (Å²) in [5.41, 5.74) is 1.15. The first-order chi connectivity index (χ1) is 10.7. The maximum absolute atomic E-state index is 5.88. The van der Waals surface area contributed by atoms with E-state index >= 15 is 0 Å². The van der Waals surface area contributed by atoms with Gasteiger partial charge in [-0.25, -0.2) is 4.98 Å². The Kier molecular flexibility index (Phi) is 4.47. The Morgan fingerprint density at radius 1 is 1.45 bits per heavy atom. The number of hydrogen-bond donors (Lipinski definition) is 2. The zero-order valence-corrected chi connectivity index (χ0v) is 13.5. The fourth-order valence-electron chi connectivity index (χ4n) is 3.31. The summed E-state index contributed by atoms with van der Waals surface area (Å²) >= 11 is 0. The molecular weight excluding hydrogens is 278 g/mol. The molecule has 2 saturated heterocycles. The number of rotatable bonds is 4. The van der Waals surface area contributed by atoms with Gasteiger partial charge in [-0.1, -0.05) is 6.07 Å². The van der Waals surface area contributed by atoms with Gasteiger partial charge in [0.2, 0.25) is 0 Å². The van der Waals surface area contributed by atoms with E-state index in [1.807, 2.05) is 31.3 Å². The van der Waals surface area contributed by atoms with Crippen LogP contribution in [-0.2, 0) is 11.3 Å². The minimum atomic E-state index is 0.347. The number of pyridine rings is 1. The Bertz CT molecular complexity index is 545. The van der Waals surface area contributed by atoms with E-state index in [4.69, 9.17) is 4.74 Å².